The SMILES string of the molecule is CCOC(=O)[C@H]1C(=O)C=C(c2ccc(OCC)cc2)C[C@H]1c1cccs1. The van der Waals surface area contributed by atoms with Crippen molar-refractivity contribution in [2.24, 2.45) is 5.92 Å². The predicted octanol–water partition coefficient (Wildman–Crippen LogP) is 4.47. The number of benzene rings is 1. The van der Waals surface area contributed by atoms with E-state index in [9.17, 15) is 9.59 Å². The second-order valence-electron chi connectivity index (χ2n) is 6.09. The molecule has 0 spiro atoms. The quantitative estimate of drug-likeness (QED) is 0.556. The minimum atomic E-state index is -0.764. The number of carbonyl (C=O) groups excluding carboxylic acids is 2. The third-order valence-corrected chi connectivity index (χ3v) is 5.45. The molecule has 2 atom stereocenters. The highest BCUT2D eigenvalue weighted by atomic mass is 32.1. The standard InChI is InChI=1S/C21H22O4S/c1-3-24-16-9-7-14(8-10-16)15-12-17(19-6-5-11-26-19)20(18(22)13-15)21(23)25-4-2/h5-11,13,17,20H,3-4,12H2,1-2H3/t17-,20+/m0/s1. The summed E-state index contributed by atoms with van der Waals surface area (Å²) in [7, 11) is 0. The van der Waals surface area contributed by atoms with Crippen molar-refractivity contribution >= 4 is 28.7 Å². The maximum absolute atomic E-state index is 12.8. The molecule has 5 heteroatoms. The van der Waals surface area contributed by atoms with Gasteiger partial charge in [0.05, 0.1) is 13.2 Å². The van der Waals surface area contributed by atoms with Crippen molar-refractivity contribution in [3.05, 3.63) is 58.3 Å². The zero-order valence-corrected chi connectivity index (χ0v) is 15.8. The number of carbonyl (C=O) groups is 2. The van der Waals surface area contributed by atoms with Crippen molar-refractivity contribution in [2.45, 2.75) is 26.2 Å². The zero-order valence-electron chi connectivity index (χ0n) is 14.9. The molecule has 0 saturated carbocycles. The lowest BCUT2D eigenvalue weighted by molar-refractivity contribution is -0.151. The van der Waals surface area contributed by atoms with Gasteiger partial charge in [-0.15, -0.1) is 11.3 Å². The predicted molar refractivity (Wildman–Crippen MR) is 102 cm³/mol. The molecule has 0 amide bonds. The molecule has 4 nitrogen and oxygen atoms in total. The van der Waals surface area contributed by atoms with Gasteiger partial charge in [0.2, 0.25) is 0 Å². The summed E-state index contributed by atoms with van der Waals surface area (Å²) in [4.78, 5) is 26.2. The van der Waals surface area contributed by atoms with E-state index in [1.54, 1.807) is 24.3 Å². The molecule has 3 rings (SSSR count). The highest BCUT2D eigenvalue weighted by Crippen LogP contribution is 2.42. The van der Waals surface area contributed by atoms with Gasteiger partial charge in [0.25, 0.3) is 0 Å². The van der Waals surface area contributed by atoms with Gasteiger partial charge in [-0.1, -0.05) is 18.2 Å². The Morgan fingerprint density at radius 2 is 1.92 bits per heavy atom. The molecule has 0 radical (unpaired) electrons. The van der Waals surface area contributed by atoms with Crippen LogP contribution in [0, 0.1) is 5.92 Å². The van der Waals surface area contributed by atoms with Crippen molar-refractivity contribution in [3.63, 3.8) is 0 Å². The third kappa shape index (κ3) is 3.88. The fourth-order valence-corrected chi connectivity index (χ4v) is 4.15. The van der Waals surface area contributed by atoms with E-state index >= 15 is 0 Å². The lowest BCUT2D eigenvalue weighted by Crippen LogP contribution is -2.33. The highest BCUT2D eigenvalue weighted by molar-refractivity contribution is 7.10. The monoisotopic (exact) mass is 370 g/mol. The summed E-state index contributed by atoms with van der Waals surface area (Å²) in [6.07, 6.45) is 2.23. The molecule has 0 N–H and O–H groups in total. The third-order valence-electron chi connectivity index (χ3n) is 4.45. The van der Waals surface area contributed by atoms with Crippen LogP contribution in [-0.4, -0.2) is 25.0 Å². The van der Waals surface area contributed by atoms with Crippen LogP contribution in [0.2, 0.25) is 0 Å². The van der Waals surface area contributed by atoms with Gasteiger partial charge in [-0.05, 0) is 61.1 Å². The summed E-state index contributed by atoms with van der Waals surface area (Å²) >= 11 is 1.57. The number of hydrogen-bond acceptors (Lipinski definition) is 5. The molecule has 1 heterocycles. The number of esters is 1. The van der Waals surface area contributed by atoms with E-state index in [2.05, 4.69) is 0 Å². The maximum atomic E-state index is 12.8. The van der Waals surface area contributed by atoms with E-state index < -0.39 is 11.9 Å². The van der Waals surface area contributed by atoms with Crippen LogP contribution < -0.4 is 4.74 Å². The maximum Gasteiger partial charge on any atom is 0.317 e. The number of rotatable bonds is 6. The average molecular weight is 370 g/mol. The largest absolute Gasteiger partial charge is 0.494 e. The molecule has 2 aromatic rings. The first-order valence-corrected chi connectivity index (χ1v) is 9.69. The molecule has 1 aromatic heterocycles. The molecule has 136 valence electrons. The number of ketones is 1. The normalized spacial score (nSPS) is 19.8. The number of hydrogen-bond donors (Lipinski definition) is 0. The lowest BCUT2D eigenvalue weighted by atomic mass is 9.76. The summed E-state index contributed by atoms with van der Waals surface area (Å²) in [6.45, 7) is 4.58. The van der Waals surface area contributed by atoms with E-state index in [-0.39, 0.29) is 18.3 Å². The molecule has 26 heavy (non-hydrogen) atoms. The minimum Gasteiger partial charge on any atom is -0.494 e. The molecule has 1 aromatic carbocycles. The van der Waals surface area contributed by atoms with E-state index in [0.717, 1.165) is 21.8 Å². The van der Waals surface area contributed by atoms with Gasteiger partial charge in [0.15, 0.2) is 5.78 Å². The Morgan fingerprint density at radius 3 is 2.54 bits per heavy atom. The molecule has 0 saturated heterocycles. The van der Waals surface area contributed by atoms with Crippen molar-refractivity contribution in [1.29, 1.82) is 0 Å². The molecule has 0 aliphatic heterocycles. The highest BCUT2D eigenvalue weighted by Gasteiger charge is 2.40. The molecular formula is C21H22O4S. The first-order valence-electron chi connectivity index (χ1n) is 8.81. The van der Waals surface area contributed by atoms with Gasteiger partial charge >= 0.3 is 5.97 Å². The van der Waals surface area contributed by atoms with Gasteiger partial charge in [0.1, 0.15) is 11.7 Å². The summed E-state index contributed by atoms with van der Waals surface area (Å²) in [5.74, 6) is -0.763. The summed E-state index contributed by atoms with van der Waals surface area (Å²) in [5, 5.41) is 1.97. The number of thiophene rings is 1. The van der Waals surface area contributed by atoms with Crippen molar-refractivity contribution in [1.82, 2.24) is 0 Å². The molecule has 0 unspecified atom stereocenters. The van der Waals surface area contributed by atoms with Crippen LogP contribution in [0.15, 0.2) is 47.9 Å². The van der Waals surface area contributed by atoms with Crippen LogP contribution in [0.3, 0.4) is 0 Å². The van der Waals surface area contributed by atoms with Gasteiger partial charge in [0, 0.05) is 10.8 Å². The summed E-state index contributed by atoms with van der Waals surface area (Å²) < 4.78 is 10.6. The van der Waals surface area contributed by atoms with Crippen LogP contribution >= 0.6 is 11.3 Å². The smallest absolute Gasteiger partial charge is 0.317 e. The first-order chi connectivity index (χ1) is 12.6. The Morgan fingerprint density at radius 1 is 1.15 bits per heavy atom. The molecule has 1 aliphatic carbocycles. The van der Waals surface area contributed by atoms with Gasteiger partial charge in [-0.3, -0.25) is 9.59 Å². The number of allylic oxidation sites excluding steroid dienone is 2. The fraction of sp³-hybridized carbons (Fsp3) is 0.333. The van der Waals surface area contributed by atoms with Gasteiger partial charge < -0.3 is 9.47 Å². The molecular weight excluding hydrogens is 348 g/mol. The topological polar surface area (TPSA) is 52.6 Å². The summed E-state index contributed by atoms with van der Waals surface area (Å²) in [5.41, 5.74) is 1.92. The minimum absolute atomic E-state index is 0.183. The van der Waals surface area contributed by atoms with Gasteiger partial charge in [-0.25, -0.2) is 0 Å². The average Bonchev–Trinajstić information content (AvgIpc) is 3.16. The van der Waals surface area contributed by atoms with Crippen LogP contribution in [0.25, 0.3) is 5.57 Å². The fourth-order valence-electron chi connectivity index (χ4n) is 3.29. The Balaban J connectivity index is 1.92. The molecule has 0 fully saturated rings. The second-order valence-corrected chi connectivity index (χ2v) is 7.06. The van der Waals surface area contributed by atoms with Crippen LogP contribution in [0.4, 0.5) is 0 Å². The van der Waals surface area contributed by atoms with Crippen LogP contribution in [0.5, 0.6) is 5.75 Å². The zero-order chi connectivity index (χ0) is 18.5. The van der Waals surface area contributed by atoms with Crippen molar-refractivity contribution in [3.8, 4) is 5.75 Å². The Labute approximate surface area is 157 Å². The first kappa shape index (κ1) is 18.4. The van der Waals surface area contributed by atoms with Gasteiger partial charge in [-0.2, -0.15) is 0 Å². The second kappa shape index (κ2) is 8.32. The Hall–Kier alpha value is -2.40. The lowest BCUT2D eigenvalue weighted by Gasteiger charge is -2.28. The Bertz CT molecular complexity index is 790. The summed E-state index contributed by atoms with van der Waals surface area (Å²) in [6, 6.07) is 11.7. The Kier molecular flexibility index (Phi) is 5.89. The van der Waals surface area contributed by atoms with E-state index in [4.69, 9.17) is 9.47 Å². The van der Waals surface area contributed by atoms with Crippen LogP contribution in [-0.2, 0) is 14.3 Å². The molecule has 0 bridgehead atoms. The molecule has 1 aliphatic rings. The van der Waals surface area contributed by atoms with E-state index in [1.165, 1.54) is 0 Å². The van der Waals surface area contributed by atoms with Crippen molar-refractivity contribution in [2.75, 3.05) is 13.2 Å². The van der Waals surface area contributed by atoms with Crippen molar-refractivity contribution < 1.29 is 19.1 Å². The number of ether oxygens (including phenoxy) is 2. The van der Waals surface area contributed by atoms with E-state index in [0.29, 0.717) is 13.0 Å². The van der Waals surface area contributed by atoms with E-state index in [1.807, 2.05) is 48.7 Å². The van der Waals surface area contributed by atoms with Crippen LogP contribution in [0.1, 0.15) is 36.6 Å².